The number of hydrogen-bond donors (Lipinski definition) is 4. The Balaban J connectivity index is 2.41. The van der Waals surface area contributed by atoms with Crippen LogP contribution >= 0.6 is 0 Å². The summed E-state index contributed by atoms with van der Waals surface area (Å²) in [6, 6.07) is 7.77. The van der Waals surface area contributed by atoms with E-state index in [-0.39, 0.29) is 19.4 Å². The largest absolute Gasteiger partial charge is 0.481 e. The second kappa shape index (κ2) is 7.78. The molecule has 1 rings (SSSR count). The smallest absolute Gasteiger partial charge is 0.326 e. The first kappa shape index (κ1) is 15.5. The van der Waals surface area contributed by atoms with E-state index in [1.54, 1.807) is 24.3 Å². The highest BCUT2D eigenvalue weighted by Gasteiger charge is 2.20. The van der Waals surface area contributed by atoms with E-state index in [2.05, 4.69) is 10.6 Å². The van der Waals surface area contributed by atoms with Gasteiger partial charge in [0.15, 0.2) is 0 Å². The van der Waals surface area contributed by atoms with Gasteiger partial charge in [-0.25, -0.2) is 4.79 Å². The Kier molecular flexibility index (Phi) is 6.02. The SMILES string of the molecule is O=C(O)CCC(NC(=O)CNc1ccccc1)C(=O)O. The van der Waals surface area contributed by atoms with Gasteiger partial charge < -0.3 is 20.8 Å². The molecule has 1 aromatic carbocycles. The summed E-state index contributed by atoms with van der Waals surface area (Å²) in [4.78, 5) is 32.9. The molecule has 0 fully saturated rings. The summed E-state index contributed by atoms with van der Waals surface area (Å²) in [6.07, 6.45) is -0.467. The number of carbonyl (C=O) groups is 3. The molecule has 1 atom stereocenters. The monoisotopic (exact) mass is 280 g/mol. The Morgan fingerprint density at radius 1 is 1.10 bits per heavy atom. The molecule has 0 saturated carbocycles. The van der Waals surface area contributed by atoms with E-state index in [9.17, 15) is 14.4 Å². The molecule has 0 aliphatic carbocycles. The molecule has 4 N–H and O–H groups in total. The predicted octanol–water partition coefficient (Wildman–Crippen LogP) is 0.533. The predicted molar refractivity (Wildman–Crippen MR) is 71.4 cm³/mol. The van der Waals surface area contributed by atoms with Crippen LogP contribution in [0.1, 0.15) is 12.8 Å². The molecular formula is C13H16N2O5. The van der Waals surface area contributed by atoms with Crippen LogP contribution in [-0.4, -0.2) is 40.6 Å². The summed E-state index contributed by atoms with van der Waals surface area (Å²) < 4.78 is 0. The van der Waals surface area contributed by atoms with Gasteiger partial charge >= 0.3 is 11.9 Å². The van der Waals surface area contributed by atoms with Crippen molar-refractivity contribution in [2.24, 2.45) is 0 Å². The lowest BCUT2D eigenvalue weighted by molar-refractivity contribution is -0.142. The van der Waals surface area contributed by atoms with Crippen LogP contribution in [-0.2, 0) is 14.4 Å². The molecule has 0 bridgehead atoms. The van der Waals surface area contributed by atoms with Crippen LogP contribution < -0.4 is 10.6 Å². The number of carboxylic acid groups (broad SMARTS) is 2. The van der Waals surface area contributed by atoms with Crippen molar-refractivity contribution in [1.29, 1.82) is 0 Å². The number of amides is 1. The number of rotatable bonds is 8. The maximum absolute atomic E-state index is 11.6. The summed E-state index contributed by atoms with van der Waals surface area (Å²) in [6.45, 7) is -0.0825. The van der Waals surface area contributed by atoms with Gasteiger partial charge in [0.1, 0.15) is 6.04 Å². The average Bonchev–Trinajstić information content (AvgIpc) is 2.41. The lowest BCUT2D eigenvalue weighted by atomic mass is 10.1. The number of carboxylic acids is 2. The third-order valence-corrected chi connectivity index (χ3v) is 2.51. The fourth-order valence-electron chi connectivity index (χ4n) is 1.51. The summed E-state index contributed by atoms with van der Waals surface area (Å²) in [5, 5.41) is 22.5. The molecular weight excluding hydrogens is 264 g/mol. The normalized spacial score (nSPS) is 11.4. The van der Waals surface area contributed by atoms with E-state index >= 15 is 0 Å². The third kappa shape index (κ3) is 5.85. The summed E-state index contributed by atoms with van der Waals surface area (Å²) in [5.41, 5.74) is 0.736. The summed E-state index contributed by atoms with van der Waals surface area (Å²) in [7, 11) is 0. The van der Waals surface area contributed by atoms with E-state index in [1.165, 1.54) is 0 Å². The molecule has 1 aromatic rings. The second-order valence-corrected chi connectivity index (χ2v) is 4.11. The van der Waals surface area contributed by atoms with Crippen LogP contribution in [0, 0.1) is 0 Å². The number of carbonyl (C=O) groups excluding carboxylic acids is 1. The molecule has 0 heterocycles. The minimum Gasteiger partial charge on any atom is -0.481 e. The molecule has 1 amide bonds. The fourth-order valence-corrected chi connectivity index (χ4v) is 1.51. The van der Waals surface area contributed by atoms with Crippen molar-refractivity contribution in [1.82, 2.24) is 5.32 Å². The Labute approximate surface area is 115 Å². The number of nitrogens with one attached hydrogen (secondary N) is 2. The van der Waals surface area contributed by atoms with Crippen molar-refractivity contribution in [2.75, 3.05) is 11.9 Å². The highest BCUT2D eigenvalue weighted by Crippen LogP contribution is 2.04. The van der Waals surface area contributed by atoms with Gasteiger partial charge in [-0.15, -0.1) is 0 Å². The van der Waals surface area contributed by atoms with E-state index < -0.39 is 23.9 Å². The van der Waals surface area contributed by atoms with Crippen LogP contribution in [0.2, 0.25) is 0 Å². The molecule has 0 spiro atoms. The van der Waals surface area contributed by atoms with E-state index in [4.69, 9.17) is 10.2 Å². The Hall–Kier alpha value is -2.57. The van der Waals surface area contributed by atoms with Crippen molar-refractivity contribution in [3.05, 3.63) is 30.3 Å². The Morgan fingerprint density at radius 3 is 2.30 bits per heavy atom. The zero-order chi connectivity index (χ0) is 15.0. The van der Waals surface area contributed by atoms with E-state index in [1.807, 2.05) is 6.07 Å². The number of benzene rings is 1. The molecule has 20 heavy (non-hydrogen) atoms. The van der Waals surface area contributed by atoms with Crippen LogP contribution in [0.25, 0.3) is 0 Å². The number of aliphatic carboxylic acids is 2. The van der Waals surface area contributed by atoms with Gasteiger partial charge in [-0.1, -0.05) is 18.2 Å². The zero-order valence-electron chi connectivity index (χ0n) is 10.7. The molecule has 0 aliphatic heterocycles. The van der Waals surface area contributed by atoms with Gasteiger partial charge in [0.25, 0.3) is 0 Å². The average molecular weight is 280 g/mol. The highest BCUT2D eigenvalue weighted by atomic mass is 16.4. The number of hydrogen-bond acceptors (Lipinski definition) is 4. The van der Waals surface area contributed by atoms with Gasteiger partial charge in [0.2, 0.25) is 5.91 Å². The maximum atomic E-state index is 11.6. The van der Waals surface area contributed by atoms with Crippen molar-refractivity contribution in [3.63, 3.8) is 0 Å². The van der Waals surface area contributed by atoms with Gasteiger partial charge in [0, 0.05) is 12.1 Å². The zero-order valence-corrected chi connectivity index (χ0v) is 10.7. The highest BCUT2D eigenvalue weighted by molar-refractivity contribution is 5.86. The number of para-hydroxylation sites is 1. The molecule has 1 unspecified atom stereocenters. The molecule has 0 saturated heterocycles. The lowest BCUT2D eigenvalue weighted by Crippen LogP contribution is -2.43. The van der Waals surface area contributed by atoms with Gasteiger partial charge in [0.05, 0.1) is 6.54 Å². The summed E-state index contributed by atoms with van der Waals surface area (Å²) in [5.74, 6) is -2.86. The third-order valence-electron chi connectivity index (χ3n) is 2.51. The molecule has 0 aliphatic rings. The van der Waals surface area contributed by atoms with Gasteiger partial charge in [-0.05, 0) is 18.6 Å². The van der Waals surface area contributed by atoms with Gasteiger partial charge in [-0.2, -0.15) is 0 Å². The Morgan fingerprint density at radius 2 is 1.75 bits per heavy atom. The first-order valence-corrected chi connectivity index (χ1v) is 6.02. The molecule has 108 valence electrons. The first-order chi connectivity index (χ1) is 9.49. The van der Waals surface area contributed by atoms with E-state index in [0.717, 1.165) is 5.69 Å². The molecule has 7 nitrogen and oxygen atoms in total. The first-order valence-electron chi connectivity index (χ1n) is 6.02. The number of anilines is 1. The van der Waals surface area contributed by atoms with Crippen molar-refractivity contribution in [3.8, 4) is 0 Å². The minimum atomic E-state index is -1.25. The topological polar surface area (TPSA) is 116 Å². The lowest BCUT2D eigenvalue weighted by Gasteiger charge is -2.14. The van der Waals surface area contributed by atoms with Crippen molar-refractivity contribution < 1.29 is 24.6 Å². The summed E-state index contributed by atoms with van der Waals surface area (Å²) >= 11 is 0. The maximum Gasteiger partial charge on any atom is 0.326 e. The van der Waals surface area contributed by atoms with Crippen molar-refractivity contribution >= 4 is 23.5 Å². The Bertz CT molecular complexity index is 475. The fraction of sp³-hybridized carbons (Fsp3) is 0.308. The molecule has 7 heteroatoms. The standard InChI is InChI=1S/C13H16N2O5/c16-11(8-14-9-4-2-1-3-5-9)15-10(13(19)20)6-7-12(17)18/h1-5,10,14H,6-8H2,(H,15,16)(H,17,18)(H,19,20). The van der Waals surface area contributed by atoms with Crippen LogP contribution in [0.4, 0.5) is 5.69 Å². The molecule has 0 radical (unpaired) electrons. The van der Waals surface area contributed by atoms with E-state index in [0.29, 0.717) is 0 Å². The van der Waals surface area contributed by atoms with Gasteiger partial charge in [-0.3, -0.25) is 9.59 Å². The van der Waals surface area contributed by atoms with Crippen LogP contribution in [0.3, 0.4) is 0 Å². The second-order valence-electron chi connectivity index (χ2n) is 4.11. The minimum absolute atomic E-state index is 0.0825. The van der Waals surface area contributed by atoms with Crippen LogP contribution in [0.15, 0.2) is 30.3 Å². The molecule has 0 aromatic heterocycles. The van der Waals surface area contributed by atoms with Crippen molar-refractivity contribution in [2.45, 2.75) is 18.9 Å². The quantitative estimate of drug-likeness (QED) is 0.552. The van der Waals surface area contributed by atoms with Crippen LogP contribution in [0.5, 0.6) is 0 Å².